The quantitative estimate of drug-likeness (QED) is 0.768. The highest BCUT2D eigenvalue weighted by Crippen LogP contribution is 2.20. The van der Waals surface area contributed by atoms with Gasteiger partial charge in [0.05, 0.1) is 16.8 Å². The van der Waals surface area contributed by atoms with E-state index in [1.807, 2.05) is 5.38 Å². The molecule has 0 bridgehead atoms. The summed E-state index contributed by atoms with van der Waals surface area (Å²) in [6.45, 7) is 2.28. The van der Waals surface area contributed by atoms with Crippen molar-refractivity contribution in [1.82, 2.24) is 10.3 Å². The van der Waals surface area contributed by atoms with Crippen LogP contribution in [0.3, 0.4) is 0 Å². The fourth-order valence-electron chi connectivity index (χ4n) is 2.00. The van der Waals surface area contributed by atoms with Crippen LogP contribution in [0.25, 0.3) is 0 Å². The van der Waals surface area contributed by atoms with Crippen LogP contribution in [-0.4, -0.2) is 23.2 Å². The Balaban J connectivity index is 1.80. The average molecular weight is 342 g/mol. The van der Waals surface area contributed by atoms with Crippen molar-refractivity contribution in [2.24, 2.45) is 0 Å². The number of aliphatic hydroxyl groups is 1. The molecule has 23 heavy (non-hydrogen) atoms. The van der Waals surface area contributed by atoms with Crippen molar-refractivity contribution in [1.29, 1.82) is 0 Å². The van der Waals surface area contributed by atoms with Gasteiger partial charge in [-0.15, -0.1) is 11.3 Å². The van der Waals surface area contributed by atoms with Gasteiger partial charge in [0.15, 0.2) is 0 Å². The zero-order valence-corrected chi connectivity index (χ0v) is 13.8. The summed E-state index contributed by atoms with van der Waals surface area (Å²) in [5, 5.41) is 16.3. The molecule has 0 spiro atoms. The standard InChI is InChI=1S/C16H20F2N2O2S/c1-10(2)15-20-12(9-23-15)7-19-8-14(21)11-3-5-13(6-4-11)22-16(17)18/h3-6,9-10,14,16,19,21H,7-8H2,1-2H3. The average Bonchev–Trinajstić information content (AvgIpc) is 2.96. The first-order valence-corrected chi connectivity index (χ1v) is 8.21. The SMILES string of the molecule is CC(C)c1nc(CNCC(O)c2ccc(OC(F)F)cc2)cs1. The van der Waals surface area contributed by atoms with Crippen LogP contribution in [0, 0.1) is 0 Å². The first-order chi connectivity index (χ1) is 11.0. The molecule has 0 saturated carbocycles. The summed E-state index contributed by atoms with van der Waals surface area (Å²) >= 11 is 1.63. The highest BCUT2D eigenvalue weighted by Gasteiger charge is 2.10. The number of nitrogens with zero attached hydrogens (tertiary/aromatic N) is 1. The number of aromatic nitrogens is 1. The molecule has 0 amide bonds. The monoisotopic (exact) mass is 342 g/mol. The molecule has 2 aromatic rings. The van der Waals surface area contributed by atoms with Crippen molar-refractivity contribution in [2.75, 3.05) is 6.54 Å². The van der Waals surface area contributed by atoms with Gasteiger partial charge in [0.1, 0.15) is 5.75 Å². The summed E-state index contributed by atoms with van der Waals surface area (Å²) in [4.78, 5) is 4.51. The number of nitrogens with one attached hydrogen (secondary N) is 1. The molecule has 0 radical (unpaired) electrons. The molecule has 1 heterocycles. The van der Waals surface area contributed by atoms with E-state index in [0.717, 1.165) is 10.7 Å². The highest BCUT2D eigenvalue weighted by molar-refractivity contribution is 7.09. The zero-order chi connectivity index (χ0) is 16.8. The molecule has 0 aliphatic heterocycles. The number of ether oxygens (including phenoxy) is 1. The van der Waals surface area contributed by atoms with Gasteiger partial charge in [0.25, 0.3) is 0 Å². The summed E-state index contributed by atoms with van der Waals surface area (Å²) in [6, 6.07) is 5.98. The lowest BCUT2D eigenvalue weighted by molar-refractivity contribution is -0.0498. The second-order valence-corrected chi connectivity index (χ2v) is 6.32. The lowest BCUT2D eigenvalue weighted by Crippen LogP contribution is -2.21. The second-order valence-electron chi connectivity index (χ2n) is 5.43. The van der Waals surface area contributed by atoms with Crippen LogP contribution < -0.4 is 10.1 Å². The van der Waals surface area contributed by atoms with Gasteiger partial charge in [-0.25, -0.2) is 4.98 Å². The Morgan fingerprint density at radius 1 is 1.26 bits per heavy atom. The van der Waals surface area contributed by atoms with Crippen molar-refractivity contribution < 1.29 is 18.6 Å². The maximum Gasteiger partial charge on any atom is 0.387 e. The zero-order valence-electron chi connectivity index (χ0n) is 13.0. The van der Waals surface area contributed by atoms with Crippen LogP contribution >= 0.6 is 11.3 Å². The Bertz CT molecular complexity index is 602. The highest BCUT2D eigenvalue weighted by atomic mass is 32.1. The fraction of sp³-hybridized carbons (Fsp3) is 0.438. The summed E-state index contributed by atoms with van der Waals surface area (Å²) in [7, 11) is 0. The first kappa shape index (κ1) is 17.8. The summed E-state index contributed by atoms with van der Waals surface area (Å²) < 4.78 is 28.4. The molecule has 0 saturated heterocycles. The van der Waals surface area contributed by atoms with E-state index in [-0.39, 0.29) is 5.75 Å². The number of benzene rings is 1. The Kier molecular flexibility index (Phi) is 6.44. The van der Waals surface area contributed by atoms with E-state index in [4.69, 9.17) is 0 Å². The number of hydrogen-bond acceptors (Lipinski definition) is 5. The lowest BCUT2D eigenvalue weighted by atomic mass is 10.1. The molecular formula is C16H20F2N2O2S. The van der Waals surface area contributed by atoms with Crippen molar-refractivity contribution in [3.8, 4) is 5.75 Å². The van der Waals surface area contributed by atoms with Crippen LogP contribution in [0.4, 0.5) is 8.78 Å². The molecule has 1 unspecified atom stereocenters. The van der Waals surface area contributed by atoms with Crippen LogP contribution in [0.15, 0.2) is 29.6 Å². The van der Waals surface area contributed by atoms with E-state index in [1.54, 1.807) is 23.5 Å². The van der Waals surface area contributed by atoms with Crippen molar-refractivity contribution in [2.45, 2.75) is 39.0 Å². The molecular weight excluding hydrogens is 322 g/mol. The largest absolute Gasteiger partial charge is 0.435 e. The van der Waals surface area contributed by atoms with Crippen LogP contribution in [0.1, 0.15) is 42.1 Å². The van der Waals surface area contributed by atoms with Gasteiger partial charge in [0.2, 0.25) is 0 Å². The van der Waals surface area contributed by atoms with Crippen molar-refractivity contribution >= 4 is 11.3 Å². The first-order valence-electron chi connectivity index (χ1n) is 7.33. The molecule has 0 aliphatic carbocycles. The normalized spacial score (nSPS) is 12.8. The van der Waals surface area contributed by atoms with E-state index in [0.29, 0.717) is 24.6 Å². The van der Waals surface area contributed by atoms with Crippen LogP contribution in [0.2, 0.25) is 0 Å². The molecule has 1 aromatic carbocycles. The second kappa shape index (κ2) is 8.33. The van der Waals surface area contributed by atoms with E-state index in [2.05, 4.69) is 28.9 Å². The summed E-state index contributed by atoms with van der Waals surface area (Å²) in [6.07, 6.45) is -0.723. The smallest absolute Gasteiger partial charge is 0.387 e. The Morgan fingerprint density at radius 3 is 2.52 bits per heavy atom. The van der Waals surface area contributed by atoms with Gasteiger partial charge in [-0.1, -0.05) is 26.0 Å². The third-order valence-corrected chi connectivity index (χ3v) is 4.39. The van der Waals surface area contributed by atoms with Crippen LogP contribution in [0.5, 0.6) is 5.75 Å². The maximum atomic E-state index is 12.1. The minimum Gasteiger partial charge on any atom is -0.435 e. The van der Waals surface area contributed by atoms with E-state index >= 15 is 0 Å². The minimum absolute atomic E-state index is 0.0765. The molecule has 0 fully saturated rings. The summed E-state index contributed by atoms with van der Waals surface area (Å²) in [5.74, 6) is 0.487. The molecule has 1 aromatic heterocycles. The molecule has 7 heteroatoms. The van der Waals surface area contributed by atoms with E-state index in [1.165, 1.54) is 12.1 Å². The van der Waals surface area contributed by atoms with Crippen molar-refractivity contribution in [3.05, 3.63) is 45.9 Å². The fourth-order valence-corrected chi connectivity index (χ4v) is 2.83. The van der Waals surface area contributed by atoms with Crippen LogP contribution in [-0.2, 0) is 6.54 Å². The van der Waals surface area contributed by atoms with Gasteiger partial charge in [-0.2, -0.15) is 8.78 Å². The predicted molar refractivity (Wildman–Crippen MR) is 85.9 cm³/mol. The van der Waals surface area contributed by atoms with E-state index in [9.17, 15) is 13.9 Å². The van der Waals surface area contributed by atoms with Gasteiger partial charge in [-0.3, -0.25) is 0 Å². The Morgan fingerprint density at radius 2 is 1.96 bits per heavy atom. The number of thiazole rings is 1. The van der Waals surface area contributed by atoms with Gasteiger partial charge >= 0.3 is 6.61 Å². The Labute approximate surface area is 138 Å². The minimum atomic E-state index is -2.85. The Hall–Kier alpha value is -1.57. The third kappa shape index (κ3) is 5.53. The molecule has 1 atom stereocenters. The van der Waals surface area contributed by atoms with Crippen molar-refractivity contribution in [3.63, 3.8) is 0 Å². The number of halogens is 2. The molecule has 2 N–H and O–H groups in total. The predicted octanol–water partition coefficient (Wildman–Crippen LogP) is 3.69. The van der Waals surface area contributed by atoms with Gasteiger partial charge in [0, 0.05) is 24.4 Å². The van der Waals surface area contributed by atoms with Gasteiger partial charge in [-0.05, 0) is 17.7 Å². The summed E-state index contributed by atoms with van der Waals surface area (Å²) in [5.41, 5.74) is 1.59. The molecule has 0 aliphatic rings. The number of rotatable bonds is 8. The topological polar surface area (TPSA) is 54.4 Å². The molecule has 4 nitrogen and oxygen atoms in total. The lowest BCUT2D eigenvalue weighted by Gasteiger charge is -2.12. The maximum absolute atomic E-state index is 12.1. The molecule has 2 rings (SSSR count). The molecule has 126 valence electrons. The number of alkyl halides is 2. The third-order valence-electron chi connectivity index (χ3n) is 3.20. The number of hydrogen-bond donors (Lipinski definition) is 2. The van der Waals surface area contributed by atoms with E-state index < -0.39 is 12.7 Å². The van der Waals surface area contributed by atoms with Gasteiger partial charge < -0.3 is 15.2 Å². The number of aliphatic hydroxyl groups excluding tert-OH is 1.